The predicted molar refractivity (Wildman–Crippen MR) is 138 cm³/mol. The van der Waals surface area contributed by atoms with Crippen LogP contribution in [0.5, 0.6) is 0 Å². The van der Waals surface area contributed by atoms with Crippen molar-refractivity contribution in [3.05, 3.63) is 82.4 Å². The van der Waals surface area contributed by atoms with Gasteiger partial charge in [-0.05, 0) is 50.1 Å². The standard InChI is InChI=1S/C29H36N4O2/c1-20(2)23-8-10-24(11-9-23)29(35,27(4)18-32(6)19-27)25-15-22(16-30-17-25)12-13-28(5,34)26-14-21(3)33(7)31-26/h8-11,14-17,20,34-35H,18-19H2,1-7H3/t28-,29+/m1/s1. The Morgan fingerprint density at radius 3 is 2.23 bits per heavy atom. The summed E-state index contributed by atoms with van der Waals surface area (Å²) in [6, 6.07) is 12.0. The van der Waals surface area contributed by atoms with E-state index in [1.807, 2.05) is 38.2 Å². The maximum Gasteiger partial charge on any atom is 0.167 e. The maximum atomic E-state index is 12.4. The molecule has 1 aliphatic heterocycles. The third-order valence-electron chi connectivity index (χ3n) is 7.33. The fourth-order valence-electron chi connectivity index (χ4n) is 5.11. The van der Waals surface area contributed by atoms with Crippen molar-refractivity contribution in [1.29, 1.82) is 0 Å². The van der Waals surface area contributed by atoms with Crippen LogP contribution < -0.4 is 0 Å². The Morgan fingerprint density at radius 2 is 1.69 bits per heavy atom. The van der Waals surface area contributed by atoms with E-state index in [0.717, 1.165) is 24.3 Å². The molecule has 0 saturated carbocycles. The number of nitrogens with zero attached hydrogens (tertiary/aromatic N) is 4. The number of aliphatic hydroxyl groups is 2. The van der Waals surface area contributed by atoms with Gasteiger partial charge in [-0.3, -0.25) is 9.67 Å². The second kappa shape index (κ2) is 8.91. The average molecular weight is 473 g/mol. The summed E-state index contributed by atoms with van der Waals surface area (Å²) in [7, 11) is 3.90. The van der Waals surface area contributed by atoms with Crippen LogP contribution in [-0.4, -0.2) is 50.0 Å². The van der Waals surface area contributed by atoms with Gasteiger partial charge in [0.05, 0.1) is 0 Å². The van der Waals surface area contributed by atoms with Crippen molar-refractivity contribution in [2.24, 2.45) is 12.5 Å². The van der Waals surface area contributed by atoms with Gasteiger partial charge in [0.2, 0.25) is 0 Å². The first-order valence-corrected chi connectivity index (χ1v) is 12.1. The van der Waals surface area contributed by atoms with E-state index in [2.05, 4.69) is 66.8 Å². The fraction of sp³-hybridized carbons (Fsp3) is 0.448. The molecule has 35 heavy (non-hydrogen) atoms. The number of pyridine rings is 1. The molecule has 1 fully saturated rings. The first kappa shape index (κ1) is 25.1. The highest BCUT2D eigenvalue weighted by molar-refractivity contribution is 5.45. The molecular weight excluding hydrogens is 436 g/mol. The summed E-state index contributed by atoms with van der Waals surface area (Å²) in [5.74, 6) is 6.42. The number of aryl methyl sites for hydroxylation is 2. The van der Waals surface area contributed by atoms with Crippen LogP contribution in [0, 0.1) is 24.2 Å². The number of hydrogen-bond donors (Lipinski definition) is 2. The Hall–Kier alpha value is -2.98. The summed E-state index contributed by atoms with van der Waals surface area (Å²) < 4.78 is 1.72. The molecule has 4 rings (SSSR count). The minimum absolute atomic E-state index is 0.383. The van der Waals surface area contributed by atoms with Gasteiger partial charge in [-0.1, -0.05) is 56.9 Å². The molecule has 1 aromatic carbocycles. The topological polar surface area (TPSA) is 74.4 Å². The highest BCUT2D eigenvalue weighted by atomic mass is 16.3. The monoisotopic (exact) mass is 472 g/mol. The Morgan fingerprint density at radius 1 is 1.03 bits per heavy atom. The summed E-state index contributed by atoms with van der Waals surface area (Å²) in [5.41, 5.74) is 1.82. The zero-order valence-corrected chi connectivity index (χ0v) is 21.8. The molecule has 0 radical (unpaired) electrons. The van der Waals surface area contributed by atoms with Gasteiger partial charge in [0.15, 0.2) is 5.60 Å². The van der Waals surface area contributed by atoms with Crippen LogP contribution in [-0.2, 0) is 18.2 Å². The van der Waals surface area contributed by atoms with Gasteiger partial charge < -0.3 is 15.1 Å². The molecule has 0 spiro atoms. The zero-order valence-electron chi connectivity index (χ0n) is 21.8. The Balaban J connectivity index is 1.75. The Labute approximate surface area is 208 Å². The van der Waals surface area contributed by atoms with E-state index in [9.17, 15) is 10.2 Å². The number of aromatic nitrogens is 3. The molecule has 1 aliphatic rings. The zero-order chi connectivity index (χ0) is 25.6. The van der Waals surface area contributed by atoms with Crippen LogP contribution in [0.25, 0.3) is 0 Å². The molecule has 2 atom stereocenters. The van der Waals surface area contributed by atoms with Crippen LogP contribution in [0.1, 0.15) is 67.3 Å². The van der Waals surface area contributed by atoms with Crippen LogP contribution in [0.4, 0.5) is 0 Å². The van der Waals surface area contributed by atoms with Gasteiger partial charge in [-0.15, -0.1) is 0 Å². The molecule has 3 aromatic rings. The minimum Gasteiger partial charge on any atom is -0.380 e. The lowest BCUT2D eigenvalue weighted by Crippen LogP contribution is -2.63. The number of rotatable bonds is 5. The lowest BCUT2D eigenvalue weighted by atomic mass is 9.62. The van der Waals surface area contributed by atoms with Crippen molar-refractivity contribution in [1.82, 2.24) is 19.7 Å². The molecule has 0 unspecified atom stereocenters. The molecule has 2 N–H and O–H groups in total. The van der Waals surface area contributed by atoms with Crippen LogP contribution in [0.2, 0.25) is 0 Å². The van der Waals surface area contributed by atoms with Gasteiger partial charge >= 0.3 is 0 Å². The van der Waals surface area contributed by atoms with Gasteiger partial charge in [0, 0.05) is 54.8 Å². The molecule has 0 amide bonds. The van der Waals surface area contributed by atoms with Gasteiger partial charge in [-0.2, -0.15) is 5.10 Å². The van der Waals surface area contributed by atoms with Crippen molar-refractivity contribution in [2.75, 3.05) is 20.1 Å². The van der Waals surface area contributed by atoms with Gasteiger partial charge in [0.25, 0.3) is 0 Å². The number of benzene rings is 1. The number of likely N-dealkylation sites (tertiary alicyclic amines) is 1. The molecule has 6 nitrogen and oxygen atoms in total. The predicted octanol–water partition coefficient (Wildman–Crippen LogP) is 3.69. The van der Waals surface area contributed by atoms with Crippen molar-refractivity contribution < 1.29 is 10.2 Å². The average Bonchev–Trinajstić information content (AvgIpc) is 3.15. The summed E-state index contributed by atoms with van der Waals surface area (Å²) in [5, 5.41) is 27.7. The van der Waals surface area contributed by atoms with Crippen molar-refractivity contribution in [2.45, 2.75) is 51.7 Å². The van der Waals surface area contributed by atoms with Crippen molar-refractivity contribution in [3.63, 3.8) is 0 Å². The molecule has 6 heteroatoms. The molecule has 3 heterocycles. The lowest BCUT2D eigenvalue weighted by Gasteiger charge is -2.55. The fourth-order valence-corrected chi connectivity index (χ4v) is 5.11. The normalized spacial score (nSPS) is 18.8. The van der Waals surface area contributed by atoms with Gasteiger partial charge in [0.1, 0.15) is 11.3 Å². The first-order chi connectivity index (χ1) is 16.4. The largest absolute Gasteiger partial charge is 0.380 e. The van der Waals surface area contributed by atoms with E-state index < -0.39 is 11.2 Å². The molecule has 1 saturated heterocycles. The van der Waals surface area contributed by atoms with Crippen molar-refractivity contribution >= 4 is 0 Å². The molecule has 184 valence electrons. The van der Waals surface area contributed by atoms with E-state index >= 15 is 0 Å². The second-order valence-electron chi connectivity index (χ2n) is 10.8. The minimum atomic E-state index is -1.41. The summed E-state index contributed by atoms with van der Waals surface area (Å²) in [4.78, 5) is 6.63. The maximum absolute atomic E-state index is 12.4. The van der Waals surface area contributed by atoms with Crippen LogP contribution >= 0.6 is 0 Å². The first-order valence-electron chi connectivity index (χ1n) is 12.1. The smallest absolute Gasteiger partial charge is 0.167 e. The molecule has 0 bridgehead atoms. The van der Waals surface area contributed by atoms with Crippen LogP contribution in [0.15, 0.2) is 48.8 Å². The summed E-state index contributed by atoms with van der Waals surface area (Å²) in [6.45, 7) is 11.5. The quantitative estimate of drug-likeness (QED) is 0.554. The third kappa shape index (κ3) is 4.52. The van der Waals surface area contributed by atoms with Crippen LogP contribution in [0.3, 0.4) is 0 Å². The Kier molecular flexibility index (Phi) is 6.39. The van der Waals surface area contributed by atoms with E-state index in [1.54, 1.807) is 24.0 Å². The highest BCUT2D eigenvalue weighted by Crippen LogP contribution is 2.50. The molecule has 0 aliphatic carbocycles. The Bertz CT molecular complexity index is 1250. The second-order valence-corrected chi connectivity index (χ2v) is 10.8. The SMILES string of the molecule is Cc1cc([C@](C)(O)C#Cc2cncc([C@@](O)(c3ccc(C(C)C)cc3)C3(C)CN(C)C3)c2)nn1C. The van der Waals surface area contributed by atoms with E-state index in [1.165, 1.54) is 5.56 Å². The lowest BCUT2D eigenvalue weighted by molar-refractivity contribution is -0.127. The summed E-state index contributed by atoms with van der Waals surface area (Å²) in [6.07, 6.45) is 3.39. The van der Waals surface area contributed by atoms with E-state index in [4.69, 9.17) is 0 Å². The molecular formula is C29H36N4O2. The van der Waals surface area contributed by atoms with Crippen molar-refractivity contribution in [3.8, 4) is 11.8 Å². The van der Waals surface area contributed by atoms with Gasteiger partial charge in [-0.25, -0.2) is 0 Å². The molecule has 2 aromatic heterocycles. The highest BCUT2D eigenvalue weighted by Gasteiger charge is 2.55. The van der Waals surface area contributed by atoms with E-state index in [-0.39, 0.29) is 5.41 Å². The number of hydrogen-bond acceptors (Lipinski definition) is 5. The third-order valence-corrected chi connectivity index (χ3v) is 7.33. The summed E-state index contributed by atoms with van der Waals surface area (Å²) >= 11 is 0. The van der Waals surface area contributed by atoms with E-state index in [0.29, 0.717) is 22.7 Å².